The fourth-order valence-electron chi connectivity index (χ4n) is 2.84. The summed E-state index contributed by atoms with van der Waals surface area (Å²) in [5, 5.41) is 3.77. The van der Waals surface area contributed by atoms with Crippen molar-refractivity contribution >= 4 is 33.6 Å². The number of carbonyl (C=O) groups excluding carboxylic acids is 1. The van der Waals surface area contributed by atoms with Gasteiger partial charge in [-0.15, -0.1) is 11.8 Å². The smallest absolute Gasteiger partial charge is 0.237 e. The molecule has 0 spiro atoms. The summed E-state index contributed by atoms with van der Waals surface area (Å²) in [6.45, 7) is 2.80. The van der Waals surface area contributed by atoms with E-state index in [1.807, 2.05) is 18.7 Å². The fourth-order valence-corrected chi connectivity index (χ4v) is 4.44. The van der Waals surface area contributed by atoms with Crippen LogP contribution in [0.4, 0.5) is 0 Å². The van der Waals surface area contributed by atoms with E-state index in [-0.39, 0.29) is 5.91 Å². The number of nitrogens with one attached hydrogen (secondary N) is 1. The zero-order valence-electron chi connectivity index (χ0n) is 11.7. The molecule has 0 aliphatic heterocycles. The minimum absolute atomic E-state index is 0.208. The fraction of sp³-hybridized carbons (Fsp3) is 0.533. The summed E-state index contributed by atoms with van der Waals surface area (Å²) < 4.78 is 1.09. The molecule has 3 nitrogen and oxygen atoms in total. The van der Waals surface area contributed by atoms with Gasteiger partial charge < -0.3 is 11.1 Å². The highest BCUT2D eigenvalue weighted by Gasteiger charge is 2.40. The van der Waals surface area contributed by atoms with Gasteiger partial charge >= 0.3 is 0 Å². The zero-order chi connectivity index (χ0) is 14.6. The predicted octanol–water partition coefficient (Wildman–Crippen LogP) is 3.32. The molecule has 0 radical (unpaired) electrons. The van der Waals surface area contributed by atoms with Gasteiger partial charge in [-0.25, -0.2) is 0 Å². The SMILES string of the molecule is CCNC1(C(N)=O)CCCC(Sc2ccc(Br)cc2)C1. The lowest BCUT2D eigenvalue weighted by molar-refractivity contribution is -0.125. The first-order chi connectivity index (χ1) is 9.55. The Morgan fingerprint density at radius 1 is 1.50 bits per heavy atom. The molecule has 0 aromatic heterocycles. The van der Waals surface area contributed by atoms with Crippen LogP contribution in [0.2, 0.25) is 0 Å². The topological polar surface area (TPSA) is 55.1 Å². The second-order valence-electron chi connectivity index (χ2n) is 5.27. The van der Waals surface area contributed by atoms with Crippen LogP contribution in [-0.4, -0.2) is 23.2 Å². The summed E-state index contributed by atoms with van der Waals surface area (Å²) in [6.07, 6.45) is 3.86. The van der Waals surface area contributed by atoms with E-state index in [1.165, 1.54) is 4.90 Å². The van der Waals surface area contributed by atoms with Crippen LogP contribution in [0, 0.1) is 0 Å². The zero-order valence-corrected chi connectivity index (χ0v) is 14.1. The molecule has 1 aromatic carbocycles. The van der Waals surface area contributed by atoms with Crippen molar-refractivity contribution in [2.24, 2.45) is 5.73 Å². The van der Waals surface area contributed by atoms with Crippen molar-refractivity contribution in [2.45, 2.75) is 48.3 Å². The van der Waals surface area contributed by atoms with Crippen LogP contribution in [0.5, 0.6) is 0 Å². The number of carbonyl (C=O) groups is 1. The second-order valence-corrected chi connectivity index (χ2v) is 7.56. The van der Waals surface area contributed by atoms with Crippen molar-refractivity contribution < 1.29 is 4.79 Å². The molecule has 1 aliphatic carbocycles. The number of amides is 1. The maximum atomic E-state index is 11.9. The van der Waals surface area contributed by atoms with E-state index in [0.29, 0.717) is 5.25 Å². The average Bonchev–Trinajstić information content (AvgIpc) is 2.42. The van der Waals surface area contributed by atoms with Crippen molar-refractivity contribution in [2.75, 3.05) is 6.54 Å². The maximum absolute atomic E-state index is 11.9. The van der Waals surface area contributed by atoms with Crippen molar-refractivity contribution in [1.82, 2.24) is 5.32 Å². The van der Waals surface area contributed by atoms with Crippen LogP contribution >= 0.6 is 27.7 Å². The third-order valence-corrected chi connectivity index (χ3v) is 5.62. The lowest BCUT2D eigenvalue weighted by Gasteiger charge is -2.39. The van der Waals surface area contributed by atoms with E-state index >= 15 is 0 Å². The third-order valence-electron chi connectivity index (χ3n) is 3.81. The van der Waals surface area contributed by atoms with Gasteiger partial charge in [-0.3, -0.25) is 4.79 Å². The van der Waals surface area contributed by atoms with E-state index in [4.69, 9.17) is 5.73 Å². The number of nitrogens with two attached hydrogens (primary N) is 1. The van der Waals surface area contributed by atoms with E-state index < -0.39 is 5.54 Å². The van der Waals surface area contributed by atoms with Crippen LogP contribution in [0.25, 0.3) is 0 Å². The monoisotopic (exact) mass is 356 g/mol. The van der Waals surface area contributed by atoms with E-state index in [0.717, 1.165) is 36.7 Å². The number of hydrogen-bond donors (Lipinski definition) is 2. The Kier molecular flexibility index (Phi) is 5.52. The third kappa shape index (κ3) is 3.77. The summed E-state index contributed by atoms with van der Waals surface area (Å²) >= 11 is 5.30. The lowest BCUT2D eigenvalue weighted by atomic mass is 9.80. The van der Waals surface area contributed by atoms with Gasteiger partial charge in [0.25, 0.3) is 0 Å². The average molecular weight is 357 g/mol. The summed E-state index contributed by atoms with van der Waals surface area (Å²) in [4.78, 5) is 13.1. The van der Waals surface area contributed by atoms with Crippen LogP contribution < -0.4 is 11.1 Å². The molecule has 3 N–H and O–H groups in total. The molecule has 1 saturated carbocycles. The molecule has 0 saturated heterocycles. The van der Waals surface area contributed by atoms with Gasteiger partial charge in [0.15, 0.2) is 0 Å². The highest BCUT2D eigenvalue weighted by Crippen LogP contribution is 2.38. The van der Waals surface area contributed by atoms with E-state index in [1.54, 1.807) is 0 Å². The molecule has 5 heteroatoms. The first kappa shape index (κ1) is 15.9. The van der Waals surface area contributed by atoms with Crippen molar-refractivity contribution in [3.05, 3.63) is 28.7 Å². The standard InChI is InChI=1S/C15H21BrN2OS/c1-2-18-15(14(17)19)9-3-4-13(10-15)20-12-7-5-11(16)6-8-12/h5-8,13,18H,2-4,9-10H2,1H3,(H2,17,19). The van der Waals surface area contributed by atoms with Crippen LogP contribution in [0.1, 0.15) is 32.6 Å². The first-order valence-electron chi connectivity index (χ1n) is 7.03. The van der Waals surface area contributed by atoms with Gasteiger partial charge in [-0.1, -0.05) is 22.9 Å². The van der Waals surface area contributed by atoms with Crippen molar-refractivity contribution in [3.8, 4) is 0 Å². The highest BCUT2D eigenvalue weighted by molar-refractivity contribution is 9.10. The Morgan fingerprint density at radius 3 is 2.80 bits per heavy atom. The Hall–Kier alpha value is -0.520. The lowest BCUT2D eigenvalue weighted by Crippen LogP contribution is -2.58. The molecular weight excluding hydrogens is 336 g/mol. The quantitative estimate of drug-likeness (QED) is 0.850. The minimum atomic E-state index is -0.514. The normalized spacial score (nSPS) is 26.4. The van der Waals surface area contributed by atoms with Gasteiger partial charge in [0.1, 0.15) is 0 Å². The molecule has 110 valence electrons. The van der Waals surface area contributed by atoms with Gasteiger partial charge in [-0.2, -0.15) is 0 Å². The number of primary amides is 1. The predicted molar refractivity (Wildman–Crippen MR) is 87.9 cm³/mol. The molecule has 20 heavy (non-hydrogen) atoms. The molecule has 1 aliphatic rings. The highest BCUT2D eigenvalue weighted by atomic mass is 79.9. The summed E-state index contributed by atoms with van der Waals surface area (Å²) in [6, 6.07) is 8.33. The molecule has 1 fully saturated rings. The minimum Gasteiger partial charge on any atom is -0.368 e. The number of benzene rings is 1. The van der Waals surface area contributed by atoms with E-state index in [2.05, 4.69) is 45.5 Å². The van der Waals surface area contributed by atoms with Gasteiger partial charge in [0.05, 0.1) is 5.54 Å². The van der Waals surface area contributed by atoms with Crippen LogP contribution in [0.15, 0.2) is 33.6 Å². The molecule has 1 amide bonds. The van der Waals surface area contributed by atoms with E-state index in [9.17, 15) is 4.79 Å². The Balaban J connectivity index is 2.05. The largest absolute Gasteiger partial charge is 0.368 e. The van der Waals surface area contributed by atoms with Gasteiger partial charge in [0, 0.05) is 14.6 Å². The number of hydrogen-bond acceptors (Lipinski definition) is 3. The second kappa shape index (κ2) is 6.96. The molecule has 0 heterocycles. The summed E-state index contributed by atoms with van der Waals surface area (Å²) in [5.41, 5.74) is 5.13. The van der Waals surface area contributed by atoms with Crippen molar-refractivity contribution in [1.29, 1.82) is 0 Å². The number of thioether (sulfide) groups is 1. The van der Waals surface area contributed by atoms with Crippen LogP contribution in [0.3, 0.4) is 0 Å². The van der Waals surface area contributed by atoms with Gasteiger partial charge in [-0.05, 0) is 56.5 Å². The van der Waals surface area contributed by atoms with Gasteiger partial charge in [0.2, 0.25) is 5.91 Å². The Bertz CT molecular complexity index is 461. The first-order valence-corrected chi connectivity index (χ1v) is 8.70. The number of halogens is 1. The summed E-state index contributed by atoms with van der Waals surface area (Å²) in [5.74, 6) is -0.208. The molecule has 2 rings (SSSR count). The van der Waals surface area contributed by atoms with Crippen LogP contribution in [-0.2, 0) is 4.79 Å². The molecule has 2 atom stereocenters. The molecular formula is C15H21BrN2OS. The Labute approximate surface area is 133 Å². The Morgan fingerprint density at radius 2 is 2.20 bits per heavy atom. The molecule has 2 unspecified atom stereocenters. The maximum Gasteiger partial charge on any atom is 0.237 e. The number of rotatable bonds is 5. The van der Waals surface area contributed by atoms with Crippen molar-refractivity contribution in [3.63, 3.8) is 0 Å². The number of likely N-dealkylation sites (N-methyl/N-ethyl adjacent to an activating group) is 1. The molecule has 1 aromatic rings. The summed E-state index contributed by atoms with van der Waals surface area (Å²) in [7, 11) is 0. The molecule has 0 bridgehead atoms.